The minimum Gasteiger partial charge on any atom is -0.289 e. The summed E-state index contributed by atoms with van der Waals surface area (Å²) in [7, 11) is 0. The molecule has 34 heavy (non-hydrogen) atoms. The first-order chi connectivity index (χ1) is 16.7. The fourth-order valence-electron chi connectivity index (χ4n) is 3.28. The Morgan fingerprint density at radius 2 is 0.824 bits per heavy atom. The lowest BCUT2D eigenvalue weighted by molar-refractivity contribution is 0.103. The van der Waals surface area contributed by atoms with Crippen LogP contribution in [0.1, 0.15) is 31.8 Å². The summed E-state index contributed by atoms with van der Waals surface area (Å²) < 4.78 is 0. The van der Waals surface area contributed by atoms with Crippen molar-refractivity contribution in [2.75, 3.05) is 0 Å². The number of azo groups is 1. The van der Waals surface area contributed by atoms with Gasteiger partial charge in [-0.1, -0.05) is 97.1 Å². The molecular weight excluding hydrogens is 420 g/mol. The Labute approximate surface area is 198 Å². The standard InChI is InChI=1S/C30H22N2O2/c33-29(25-13-3-1-4-14-25)21-19-23-11-7-9-17-27(23)31-32-28-18-10-8-12-24(28)20-22-30(34)26-15-5-2-6-16-26/h1-22H. The molecule has 0 aromatic heterocycles. The Morgan fingerprint density at radius 1 is 0.471 bits per heavy atom. The number of allylic oxidation sites excluding steroid dienone is 2. The van der Waals surface area contributed by atoms with Crippen molar-refractivity contribution in [3.63, 3.8) is 0 Å². The molecule has 0 heterocycles. The fraction of sp³-hybridized carbons (Fsp3) is 0. The number of hydrogen-bond donors (Lipinski definition) is 0. The highest BCUT2D eigenvalue weighted by molar-refractivity contribution is 6.07. The first-order valence-electron chi connectivity index (χ1n) is 10.9. The average Bonchev–Trinajstić information content (AvgIpc) is 2.91. The number of benzene rings is 4. The van der Waals surface area contributed by atoms with E-state index in [-0.39, 0.29) is 11.6 Å². The molecule has 4 aromatic rings. The topological polar surface area (TPSA) is 58.9 Å². The van der Waals surface area contributed by atoms with Crippen molar-refractivity contribution in [1.29, 1.82) is 0 Å². The molecular formula is C30H22N2O2. The summed E-state index contributed by atoms with van der Waals surface area (Å²) >= 11 is 0. The zero-order valence-corrected chi connectivity index (χ0v) is 18.4. The van der Waals surface area contributed by atoms with Crippen molar-refractivity contribution in [2.24, 2.45) is 10.2 Å². The monoisotopic (exact) mass is 442 g/mol. The maximum atomic E-state index is 12.4. The fourth-order valence-corrected chi connectivity index (χ4v) is 3.28. The number of rotatable bonds is 8. The van der Waals surface area contributed by atoms with Gasteiger partial charge in [-0.3, -0.25) is 9.59 Å². The lowest BCUT2D eigenvalue weighted by atomic mass is 10.1. The van der Waals surface area contributed by atoms with Gasteiger partial charge in [0.15, 0.2) is 11.6 Å². The molecule has 0 aliphatic heterocycles. The molecule has 0 saturated heterocycles. The molecule has 0 unspecified atom stereocenters. The van der Waals surface area contributed by atoms with Gasteiger partial charge in [0.25, 0.3) is 0 Å². The van der Waals surface area contributed by atoms with E-state index >= 15 is 0 Å². The minimum atomic E-state index is -0.0779. The summed E-state index contributed by atoms with van der Waals surface area (Å²) in [6.07, 6.45) is 6.56. The van der Waals surface area contributed by atoms with Crippen LogP contribution >= 0.6 is 0 Å². The van der Waals surface area contributed by atoms with Gasteiger partial charge in [-0.05, 0) is 36.4 Å². The number of carbonyl (C=O) groups excluding carboxylic acids is 2. The normalized spacial score (nSPS) is 11.4. The van der Waals surface area contributed by atoms with E-state index in [1.165, 1.54) is 12.2 Å². The summed E-state index contributed by atoms with van der Waals surface area (Å²) in [4.78, 5) is 24.8. The molecule has 0 amide bonds. The molecule has 0 atom stereocenters. The maximum absolute atomic E-state index is 12.4. The molecule has 0 saturated carbocycles. The Hall–Kier alpha value is -4.70. The minimum absolute atomic E-state index is 0.0779. The van der Waals surface area contributed by atoms with E-state index in [0.29, 0.717) is 22.5 Å². The van der Waals surface area contributed by atoms with Crippen LogP contribution in [-0.2, 0) is 0 Å². The van der Waals surface area contributed by atoms with E-state index in [2.05, 4.69) is 10.2 Å². The van der Waals surface area contributed by atoms with Gasteiger partial charge >= 0.3 is 0 Å². The zero-order chi connectivity index (χ0) is 23.6. The quantitative estimate of drug-likeness (QED) is 0.158. The molecule has 0 spiro atoms. The van der Waals surface area contributed by atoms with Gasteiger partial charge < -0.3 is 0 Å². The molecule has 4 nitrogen and oxygen atoms in total. The van der Waals surface area contributed by atoms with Crippen LogP contribution in [0, 0.1) is 0 Å². The average molecular weight is 443 g/mol. The summed E-state index contributed by atoms with van der Waals surface area (Å²) in [6.45, 7) is 0. The molecule has 0 aliphatic carbocycles. The third-order valence-electron chi connectivity index (χ3n) is 5.08. The SMILES string of the molecule is O=C(C=Cc1ccccc1N=Nc1ccccc1C=CC(=O)c1ccccc1)c1ccccc1. The Balaban J connectivity index is 1.54. The van der Waals surface area contributed by atoms with Crippen molar-refractivity contribution in [3.8, 4) is 0 Å². The van der Waals surface area contributed by atoms with Crippen molar-refractivity contribution >= 4 is 35.1 Å². The highest BCUT2D eigenvalue weighted by atomic mass is 16.1. The predicted molar refractivity (Wildman–Crippen MR) is 137 cm³/mol. The van der Waals surface area contributed by atoms with Crippen LogP contribution in [-0.4, -0.2) is 11.6 Å². The van der Waals surface area contributed by atoms with Crippen molar-refractivity contribution in [3.05, 3.63) is 144 Å². The van der Waals surface area contributed by atoms with E-state index in [4.69, 9.17) is 0 Å². The summed E-state index contributed by atoms with van der Waals surface area (Å²) in [5, 5.41) is 8.83. The molecule has 0 radical (unpaired) electrons. The highest BCUT2D eigenvalue weighted by Crippen LogP contribution is 2.26. The van der Waals surface area contributed by atoms with Gasteiger partial charge in [0.1, 0.15) is 0 Å². The molecule has 4 aromatic carbocycles. The summed E-state index contributed by atoms with van der Waals surface area (Å²) in [6, 6.07) is 33.2. The number of hydrogen-bond acceptors (Lipinski definition) is 4. The van der Waals surface area contributed by atoms with E-state index in [9.17, 15) is 9.59 Å². The van der Waals surface area contributed by atoms with Crippen LogP contribution in [0.2, 0.25) is 0 Å². The van der Waals surface area contributed by atoms with Gasteiger partial charge in [0, 0.05) is 22.3 Å². The number of nitrogens with zero attached hydrogens (tertiary/aromatic N) is 2. The third-order valence-corrected chi connectivity index (χ3v) is 5.08. The molecule has 4 heteroatoms. The lowest BCUT2D eigenvalue weighted by Gasteiger charge is -2.02. The lowest BCUT2D eigenvalue weighted by Crippen LogP contribution is -1.92. The van der Waals surface area contributed by atoms with Gasteiger partial charge in [0.05, 0.1) is 11.4 Å². The second kappa shape index (κ2) is 11.2. The third kappa shape index (κ3) is 5.96. The number of carbonyl (C=O) groups is 2. The second-order valence-electron chi connectivity index (χ2n) is 7.44. The van der Waals surface area contributed by atoms with Crippen molar-refractivity contribution < 1.29 is 9.59 Å². The molecule has 0 N–H and O–H groups in total. The maximum Gasteiger partial charge on any atom is 0.185 e. The van der Waals surface area contributed by atoms with Crippen LogP contribution in [0.4, 0.5) is 11.4 Å². The highest BCUT2D eigenvalue weighted by Gasteiger charge is 2.04. The number of ketones is 2. The first kappa shape index (κ1) is 22.5. The van der Waals surface area contributed by atoms with Crippen molar-refractivity contribution in [2.45, 2.75) is 0 Å². The van der Waals surface area contributed by atoms with Gasteiger partial charge in [-0.2, -0.15) is 0 Å². The predicted octanol–water partition coefficient (Wildman–Crippen LogP) is 7.89. The Kier molecular flexibility index (Phi) is 7.44. The Morgan fingerprint density at radius 3 is 1.24 bits per heavy atom. The molecule has 164 valence electrons. The molecule has 0 fully saturated rings. The van der Waals surface area contributed by atoms with Crippen LogP contribution in [0.15, 0.2) is 132 Å². The van der Waals surface area contributed by atoms with E-state index in [1.54, 1.807) is 36.4 Å². The van der Waals surface area contributed by atoms with Crippen molar-refractivity contribution in [1.82, 2.24) is 0 Å². The smallest absolute Gasteiger partial charge is 0.185 e. The van der Waals surface area contributed by atoms with Crippen LogP contribution in [0.5, 0.6) is 0 Å². The van der Waals surface area contributed by atoms with Gasteiger partial charge in [-0.15, -0.1) is 10.2 Å². The van der Waals surface area contributed by atoms with Crippen LogP contribution in [0.3, 0.4) is 0 Å². The van der Waals surface area contributed by atoms with E-state index in [1.807, 2.05) is 84.9 Å². The first-order valence-corrected chi connectivity index (χ1v) is 10.9. The summed E-state index contributed by atoms with van der Waals surface area (Å²) in [5.74, 6) is -0.156. The second-order valence-corrected chi connectivity index (χ2v) is 7.44. The zero-order valence-electron chi connectivity index (χ0n) is 18.4. The van der Waals surface area contributed by atoms with Crippen LogP contribution in [0.25, 0.3) is 12.2 Å². The van der Waals surface area contributed by atoms with E-state index < -0.39 is 0 Å². The molecule has 0 bridgehead atoms. The Bertz CT molecular complexity index is 1260. The van der Waals surface area contributed by atoms with Gasteiger partial charge in [-0.25, -0.2) is 0 Å². The van der Waals surface area contributed by atoms with E-state index in [0.717, 1.165) is 11.1 Å². The van der Waals surface area contributed by atoms with Gasteiger partial charge in [0.2, 0.25) is 0 Å². The summed E-state index contributed by atoms with van der Waals surface area (Å²) in [5.41, 5.74) is 4.09. The molecule has 0 aliphatic rings. The van der Waals surface area contributed by atoms with Crippen LogP contribution < -0.4 is 0 Å². The molecule has 4 rings (SSSR count). The largest absolute Gasteiger partial charge is 0.289 e.